The third-order valence-electron chi connectivity index (χ3n) is 1.05. The van der Waals surface area contributed by atoms with Gasteiger partial charge in [-0.15, -0.1) is 0 Å². The fourth-order valence-corrected chi connectivity index (χ4v) is 0.646. The molecule has 0 saturated heterocycles. The summed E-state index contributed by atoms with van der Waals surface area (Å²) in [5.74, 6) is -0.355. The maximum atomic E-state index is 12.3. The van der Waals surface area contributed by atoms with Gasteiger partial charge in [-0.05, 0) is 18.2 Å². The van der Waals surface area contributed by atoms with Crippen LogP contribution in [0.1, 0.15) is 0 Å². The fourth-order valence-electron chi connectivity index (χ4n) is 0.646. The summed E-state index contributed by atoms with van der Waals surface area (Å²) in [6, 6.07) is 5.70. The Hall–Kier alpha value is -1.38. The van der Waals surface area contributed by atoms with E-state index in [0.29, 0.717) is 12.1 Å². The van der Waals surface area contributed by atoms with Crippen LogP contribution < -0.4 is 5.32 Å². The van der Waals surface area contributed by atoms with E-state index in [1.54, 1.807) is 6.07 Å². The van der Waals surface area contributed by atoms with Gasteiger partial charge in [0.15, 0.2) is 0 Å². The zero-order valence-corrected chi connectivity index (χ0v) is 5.17. The predicted octanol–water partition coefficient (Wildman–Crippen LogP) is 1.39. The summed E-state index contributed by atoms with van der Waals surface area (Å²) < 4.78 is 12.3. The van der Waals surface area contributed by atoms with Gasteiger partial charge in [0.05, 0.1) is 0 Å². The molecule has 0 radical (unpaired) electrons. The molecule has 10 heavy (non-hydrogen) atoms. The van der Waals surface area contributed by atoms with Crippen molar-refractivity contribution in [3.8, 4) is 0 Å². The number of rotatable bonds is 2. The molecule has 1 rings (SSSR count). The van der Waals surface area contributed by atoms with Crippen LogP contribution in [0.3, 0.4) is 0 Å². The first-order valence-corrected chi connectivity index (χ1v) is 2.78. The Kier molecular flexibility index (Phi) is 1.99. The fraction of sp³-hybridized carbons (Fsp3) is 0. The van der Waals surface area contributed by atoms with Crippen molar-refractivity contribution in [1.82, 2.24) is 0 Å². The molecule has 0 bridgehead atoms. The van der Waals surface area contributed by atoms with Crippen molar-refractivity contribution in [3.05, 3.63) is 30.1 Å². The van der Waals surface area contributed by atoms with Crippen LogP contribution in [0.15, 0.2) is 24.3 Å². The average Bonchev–Trinajstić information content (AvgIpc) is 1.88. The number of carbonyl (C=O) groups is 1. The van der Waals surface area contributed by atoms with Crippen LogP contribution in [0.2, 0.25) is 0 Å². The first-order valence-electron chi connectivity index (χ1n) is 2.78. The number of hydrogen-bond acceptors (Lipinski definition) is 1. The number of benzene rings is 1. The molecule has 52 valence electrons. The summed E-state index contributed by atoms with van der Waals surface area (Å²) in [5.41, 5.74) is 0.468. The highest BCUT2D eigenvalue weighted by molar-refractivity contribution is 5.70. The highest BCUT2D eigenvalue weighted by atomic mass is 19.1. The van der Waals surface area contributed by atoms with Crippen molar-refractivity contribution >= 4 is 12.1 Å². The lowest BCUT2D eigenvalue weighted by molar-refractivity contribution is -0.105. The smallest absolute Gasteiger partial charge is 0.211 e. The summed E-state index contributed by atoms with van der Waals surface area (Å²) in [6.07, 6.45) is 0.509. The highest BCUT2D eigenvalue weighted by Gasteiger charge is 1.90. The predicted molar refractivity (Wildman–Crippen MR) is 36.1 cm³/mol. The SMILES string of the molecule is O=CNc1cccc(F)c1. The monoisotopic (exact) mass is 139 g/mol. The summed E-state index contributed by atoms with van der Waals surface area (Å²) in [5, 5.41) is 2.33. The van der Waals surface area contributed by atoms with Gasteiger partial charge in [0.2, 0.25) is 6.41 Å². The molecule has 0 aliphatic heterocycles. The minimum Gasteiger partial charge on any atom is -0.329 e. The van der Waals surface area contributed by atoms with Crippen LogP contribution in [-0.2, 0) is 4.79 Å². The molecule has 0 unspecified atom stereocenters. The van der Waals surface area contributed by atoms with Gasteiger partial charge in [0.1, 0.15) is 5.82 Å². The van der Waals surface area contributed by atoms with Gasteiger partial charge in [-0.2, -0.15) is 0 Å². The topological polar surface area (TPSA) is 29.1 Å². The summed E-state index contributed by atoms with van der Waals surface area (Å²) in [4.78, 5) is 9.85. The number of anilines is 1. The molecule has 1 N–H and O–H groups in total. The first-order chi connectivity index (χ1) is 4.83. The van der Waals surface area contributed by atoms with Crippen LogP contribution in [0.5, 0.6) is 0 Å². The Bertz CT molecular complexity index is 237. The van der Waals surface area contributed by atoms with Crippen LogP contribution in [0.4, 0.5) is 10.1 Å². The van der Waals surface area contributed by atoms with E-state index in [9.17, 15) is 9.18 Å². The van der Waals surface area contributed by atoms with E-state index in [1.807, 2.05) is 0 Å². The van der Waals surface area contributed by atoms with Crippen molar-refractivity contribution < 1.29 is 9.18 Å². The second-order valence-corrected chi connectivity index (χ2v) is 1.77. The van der Waals surface area contributed by atoms with E-state index >= 15 is 0 Å². The highest BCUT2D eigenvalue weighted by Crippen LogP contribution is 2.06. The normalized spacial score (nSPS) is 8.90. The van der Waals surface area contributed by atoms with Gasteiger partial charge in [-0.3, -0.25) is 4.79 Å². The van der Waals surface area contributed by atoms with Crippen molar-refractivity contribution in [2.75, 3.05) is 5.32 Å². The second kappa shape index (κ2) is 2.96. The first kappa shape index (κ1) is 6.74. The molecule has 3 heteroatoms. The summed E-state index contributed by atoms with van der Waals surface area (Å²) >= 11 is 0. The molecular weight excluding hydrogens is 133 g/mol. The standard InChI is InChI=1S/C7H6FNO/c8-6-2-1-3-7(4-6)9-5-10/h1-5H,(H,9,10). The lowest BCUT2D eigenvalue weighted by atomic mass is 10.3. The molecule has 1 aromatic rings. The largest absolute Gasteiger partial charge is 0.329 e. The molecule has 1 aromatic carbocycles. The number of nitrogens with one attached hydrogen (secondary N) is 1. The summed E-state index contributed by atoms with van der Waals surface area (Å²) in [7, 11) is 0. The number of halogens is 1. The Morgan fingerprint density at radius 2 is 2.30 bits per heavy atom. The molecule has 0 fully saturated rings. The van der Waals surface area contributed by atoms with Crippen molar-refractivity contribution in [1.29, 1.82) is 0 Å². The number of amides is 1. The molecule has 1 amide bonds. The maximum Gasteiger partial charge on any atom is 0.211 e. The van der Waals surface area contributed by atoms with Crippen molar-refractivity contribution in [2.45, 2.75) is 0 Å². The maximum absolute atomic E-state index is 12.3. The van der Waals surface area contributed by atoms with E-state index in [-0.39, 0.29) is 5.82 Å². The molecule has 0 aliphatic carbocycles. The Morgan fingerprint density at radius 3 is 2.90 bits per heavy atom. The molecule has 0 aliphatic rings. The number of carbonyl (C=O) groups excluding carboxylic acids is 1. The zero-order chi connectivity index (χ0) is 7.40. The van der Waals surface area contributed by atoms with Gasteiger partial charge in [0, 0.05) is 5.69 Å². The quantitative estimate of drug-likeness (QED) is 0.616. The Labute approximate surface area is 57.7 Å². The van der Waals surface area contributed by atoms with Gasteiger partial charge >= 0.3 is 0 Å². The van der Waals surface area contributed by atoms with E-state index in [1.165, 1.54) is 18.2 Å². The Balaban J connectivity index is 2.84. The minimum absolute atomic E-state index is 0.355. The molecule has 2 nitrogen and oxygen atoms in total. The van der Waals surface area contributed by atoms with E-state index in [0.717, 1.165) is 0 Å². The molecule has 0 spiro atoms. The van der Waals surface area contributed by atoms with Crippen LogP contribution >= 0.6 is 0 Å². The lowest BCUT2D eigenvalue weighted by Crippen LogP contribution is -1.92. The zero-order valence-electron chi connectivity index (χ0n) is 5.17. The van der Waals surface area contributed by atoms with Crippen molar-refractivity contribution in [2.24, 2.45) is 0 Å². The lowest BCUT2D eigenvalue weighted by Gasteiger charge is -1.95. The van der Waals surface area contributed by atoms with Gasteiger partial charge in [-0.1, -0.05) is 6.07 Å². The van der Waals surface area contributed by atoms with E-state index in [4.69, 9.17) is 0 Å². The molecule has 0 atom stereocenters. The molecule has 0 aromatic heterocycles. The number of hydrogen-bond donors (Lipinski definition) is 1. The second-order valence-electron chi connectivity index (χ2n) is 1.77. The van der Waals surface area contributed by atoms with Gasteiger partial charge in [-0.25, -0.2) is 4.39 Å². The average molecular weight is 139 g/mol. The van der Waals surface area contributed by atoms with Gasteiger partial charge in [0.25, 0.3) is 0 Å². The van der Waals surface area contributed by atoms with Gasteiger partial charge < -0.3 is 5.32 Å². The van der Waals surface area contributed by atoms with Crippen molar-refractivity contribution in [3.63, 3.8) is 0 Å². The van der Waals surface area contributed by atoms with Crippen LogP contribution in [0, 0.1) is 5.82 Å². The Morgan fingerprint density at radius 1 is 1.50 bits per heavy atom. The third kappa shape index (κ3) is 1.55. The third-order valence-corrected chi connectivity index (χ3v) is 1.05. The molecule has 0 saturated carbocycles. The summed E-state index contributed by atoms with van der Waals surface area (Å²) in [6.45, 7) is 0. The molecule has 0 heterocycles. The van der Waals surface area contributed by atoms with E-state index in [2.05, 4.69) is 5.32 Å². The van der Waals surface area contributed by atoms with Crippen LogP contribution in [0.25, 0.3) is 0 Å². The van der Waals surface area contributed by atoms with E-state index < -0.39 is 0 Å². The minimum atomic E-state index is -0.355. The van der Waals surface area contributed by atoms with Crippen LogP contribution in [-0.4, -0.2) is 6.41 Å². The molecular formula is C7H6FNO.